The van der Waals surface area contributed by atoms with Crippen molar-refractivity contribution in [1.29, 1.82) is 0 Å². The van der Waals surface area contributed by atoms with Crippen molar-refractivity contribution in [2.24, 2.45) is 23.2 Å². The fourth-order valence-electron chi connectivity index (χ4n) is 5.53. The molecule has 140 valence electrons. The molecule has 4 fully saturated rings. The van der Waals surface area contributed by atoms with E-state index in [0.717, 1.165) is 41.9 Å². The summed E-state index contributed by atoms with van der Waals surface area (Å²) in [5, 5.41) is 0.702. The van der Waals surface area contributed by atoms with Crippen LogP contribution in [0.1, 0.15) is 44.9 Å². The van der Waals surface area contributed by atoms with Crippen molar-refractivity contribution in [3.63, 3.8) is 0 Å². The Hall–Kier alpha value is -1.20. The molecule has 0 spiro atoms. The molecular formula is C20H25ClN2O2S. The van der Waals surface area contributed by atoms with E-state index in [9.17, 15) is 9.59 Å². The zero-order valence-electron chi connectivity index (χ0n) is 14.8. The van der Waals surface area contributed by atoms with Crippen LogP contribution in [0.15, 0.2) is 29.2 Å². The Kier molecular flexibility index (Phi) is 5.20. The normalized spacial score (nSPS) is 31.7. The fourth-order valence-corrected chi connectivity index (χ4v) is 6.71. The third-order valence-corrected chi connectivity index (χ3v) is 7.78. The molecule has 0 heterocycles. The van der Waals surface area contributed by atoms with E-state index in [1.807, 2.05) is 24.3 Å². The second-order valence-electron chi connectivity index (χ2n) is 8.23. The topological polar surface area (TPSA) is 58.2 Å². The number of amides is 2. The van der Waals surface area contributed by atoms with Gasteiger partial charge in [-0.15, -0.1) is 11.8 Å². The molecular weight excluding hydrogens is 368 g/mol. The minimum Gasteiger partial charge on any atom is -0.273 e. The lowest BCUT2D eigenvalue weighted by atomic mass is 9.49. The summed E-state index contributed by atoms with van der Waals surface area (Å²) in [5.41, 5.74) is 5.12. The molecule has 4 aliphatic carbocycles. The molecule has 0 aliphatic heterocycles. The van der Waals surface area contributed by atoms with E-state index in [1.165, 1.54) is 19.3 Å². The zero-order chi connectivity index (χ0) is 18.1. The summed E-state index contributed by atoms with van der Waals surface area (Å²) in [7, 11) is 0. The summed E-state index contributed by atoms with van der Waals surface area (Å²) in [5.74, 6) is 2.66. The average Bonchev–Trinajstić information content (AvgIpc) is 2.60. The number of thioether (sulfide) groups is 1. The van der Waals surface area contributed by atoms with Crippen LogP contribution in [-0.4, -0.2) is 17.6 Å². The predicted molar refractivity (Wildman–Crippen MR) is 104 cm³/mol. The molecule has 4 saturated carbocycles. The molecule has 1 aromatic carbocycles. The van der Waals surface area contributed by atoms with Crippen molar-refractivity contribution in [3.05, 3.63) is 29.3 Å². The molecule has 4 aliphatic rings. The monoisotopic (exact) mass is 392 g/mol. The third-order valence-electron chi connectivity index (χ3n) is 6.26. The second kappa shape index (κ2) is 7.43. The summed E-state index contributed by atoms with van der Waals surface area (Å²) in [4.78, 5) is 25.8. The van der Waals surface area contributed by atoms with Gasteiger partial charge in [-0.25, -0.2) is 0 Å². The van der Waals surface area contributed by atoms with E-state index >= 15 is 0 Å². The molecule has 26 heavy (non-hydrogen) atoms. The summed E-state index contributed by atoms with van der Waals surface area (Å²) in [6, 6.07) is 7.61. The Labute approximate surface area is 163 Å². The summed E-state index contributed by atoms with van der Waals surface area (Å²) in [6.45, 7) is 0. The summed E-state index contributed by atoms with van der Waals surface area (Å²) >= 11 is 7.67. The maximum atomic E-state index is 12.8. The number of hydrogen-bond donors (Lipinski definition) is 2. The molecule has 5 rings (SSSR count). The average molecular weight is 393 g/mol. The van der Waals surface area contributed by atoms with Gasteiger partial charge in [0.2, 0.25) is 11.8 Å². The highest BCUT2D eigenvalue weighted by atomic mass is 35.5. The van der Waals surface area contributed by atoms with E-state index in [2.05, 4.69) is 10.9 Å². The highest BCUT2D eigenvalue weighted by Gasteiger charge is 2.54. The van der Waals surface area contributed by atoms with E-state index in [1.54, 1.807) is 11.8 Å². The molecule has 2 N–H and O–H groups in total. The van der Waals surface area contributed by atoms with Crippen LogP contribution in [0.4, 0.5) is 0 Å². The SMILES string of the molecule is O=C(CCSc1ccccc1Cl)NNC(=O)C12CC3CC(CC(C3)C1)C2. The van der Waals surface area contributed by atoms with Gasteiger partial charge in [0.25, 0.3) is 0 Å². The first-order valence-corrected chi connectivity index (χ1v) is 10.9. The van der Waals surface area contributed by atoms with Crippen molar-refractivity contribution < 1.29 is 9.59 Å². The quantitative estimate of drug-likeness (QED) is 0.583. The standard InChI is InChI=1S/C20H25ClN2O2S/c21-16-3-1-2-4-17(16)26-6-5-18(24)22-23-19(25)20-10-13-7-14(11-20)9-15(8-13)12-20/h1-4,13-15H,5-12H2,(H,22,24)(H,23,25). The van der Waals surface area contributed by atoms with Crippen LogP contribution in [0.5, 0.6) is 0 Å². The first-order valence-electron chi connectivity index (χ1n) is 9.51. The molecule has 2 amide bonds. The van der Waals surface area contributed by atoms with Gasteiger partial charge >= 0.3 is 0 Å². The fraction of sp³-hybridized carbons (Fsp3) is 0.600. The number of halogens is 1. The Bertz CT molecular complexity index is 674. The van der Waals surface area contributed by atoms with Crippen LogP contribution in [0, 0.1) is 23.2 Å². The minimum atomic E-state index is -0.228. The molecule has 4 nitrogen and oxygen atoms in total. The van der Waals surface area contributed by atoms with Gasteiger partial charge in [-0.3, -0.25) is 20.4 Å². The van der Waals surface area contributed by atoms with Gasteiger partial charge in [-0.1, -0.05) is 23.7 Å². The molecule has 0 unspecified atom stereocenters. The van der Waals surface area contributed by atoms with Crippen molar-refractivity contribution in [2.75, 3.05) is 5.75 Å². The third kappa shape index (κ3) is 3.74. The van der Waals surface area contributed by atoms with E-state index in [0.29, 0.717) is 17.2 Å². The number of carbonyl (C=O) groups is 2. The summed E-state index contributed by atoms with van der Waals surface area (Å²) in [6.07, 6.45) is 7.26. The number of rotatable bonds is 5. The number of hydrogen-bond acceptors (Lipinski definition) is 3. The lowest BCUT2D eigenvalue weighted by Crippen LogP contribution is -2.56. The minimum absolute atomic E-state index is 0.0312. The molecule has 0 aromatic heterocycles. The molecule has 4 bridgehead atoms. The van der Waals surface area contributed by atoms with Gasteiger partial charge in [0.1, 0.15) is 0 Å². The van der Waals surface area contributed by atoms with Crippen LogP contribution in [0.2, 0.25) is 5.02 Å². The van der Waals surface area contributed by atoms with Crippen molar-refractivity contribution in [2.45, 2.75) is 49.8 Å². The van der Waals surface area contributed by atoms with Crippen LogP contribution in [-0.2, 0) is 9.59 Å². The molecule has 0 atom stereocenters. The maximum absolute atomic E-state index is 12.8. The van der Waals surface area contributed by atoms with E-state index in [4.69, 9.17) is 11.6 Å². The molecule has 1 aromatic rings. The van der Waals surface area contributed by atoms with Crippen molar-refractivity contribution >= 4 is 35.2 Å². The van der Waals surface area contributed by atoms with Crippen molar-refractivity contribution in [1.82, 2.24) is 10.9 Å². The smallest absolute Gasteiger partial charge is 0.244 e. The largest absolute Gasteiger partial charge is 0.273 e. The van der Waals surface area contributed by atoms with Gasteiger partial charge in [-0.2, -0.15) is 0 Å². The number of nitrogens with one attached hydrogen (secondary N) is 2. The highest BCUT2D eigenvalue weighted by molar-refractivity contribution is 7.99. The van der Waals surface area contributed by atoms with Crippen LogP contribution in [0.3, 0.4) is 0 Å². The number of hydrazine groups is 1. The first-order chi connectivity index (χ1) is 12.5. The highest BCUT2D eigenvalue weighted by Crippen LogP contribution is 2.60. The Balaban J connectivity index is 1.23. The molecule has 6 heteroatoms. The van der Waals surface area contributed by atoms with E-state index in [-0.39, 0.29) is 17.2 Å². The summed E-state index contributed by atoms with van der Waals surface area (Å²) < 4.78 is 0. The molecule has 0 saturated heterocycles. The van der Waals surface area contributed by atoms with Crippen molar-refractivity contribution in [3.8, 4) is 0 Å². The predicted octanol–water partition coefficient (Wildman–Crippen LogP) is 4.19. The first kappa shape index (κ1) is 18.2. The van der Waals surface area contributed by atoms with Gasteiger partial charge in [-0.05, 0) is 68.4 Å². The van der Waals surface area contributed by atoms with Gasteiger partial charge in [0.15, 0.2) is 0 Å². The Morgan fingerprint density at radius 3 is 2.27 bits per heavy atom. The lowest BCUT2D eigenvalue weighted by molar-refractivity contribution is -0.148. The van der Waals surface area contributed by atoms with Gasteiger partial charge in [0.05, 0.1) is 10.4 Å². The van der Waals surface area contributed by atoms with Gasteiger partial charge in [0, 0.05) is 17.1 Å². The second-order valence-corrected chi connectivity index (χ2v) is 9.77. The van der Waals surface area contributed by atoms with Crippen LogP contribution >= 0.6 is 23.4 Å². The number of carbonyl (C=O) groups excluding carboxylic acids is 2. The maximum Gasteiger partial charge on any atom is 0.244 e. The Morgan fingerprint density at radius 1 is 1.04 bits per heavy atom. The van der Waals surface area contributed by atoms with Gasteiger partial charge < -0.3 is 0 Å². The van der Waals surface area contributed by atoms with Crippen LogP contribution < -0.4 is 10.9 Å². The molecule has 0 radical (unpaired) electrons. The Morgan fingerprint density at radius 2 is 1.65 bits per heavy atom. The van der Waals surface area contributed by atoms with E-state index < -0.39 is 0 Å². The number of benzene rings is 1. The zero-order valence-corrected chi connectivity index (χ0v) is 16.4. The lowest BCUT2D eigenvalue weighted by Gasteiger charge is -2.55. The van der Waals surface area contributed by atoms with Crippen LogP contribution in [0.25, 0.3) is 0 Å².